The molecule has 9 heteroatoms. The predicted octanol–water partition coefficient (Wildman–Crippen LogP) is 2.38. The number of hydrogen-bond acceptors (Lipinski definition) is 5. The Morgan fingerprint density at radius 2 is 2.03 bits per heavy atom. The van der Waals surface area contributed by atoms with Crippen LogP contribution in [-0.4, -0.2) is 45.9 Å². The summed E-state index contributed by atoms with van der Waals surface area (Å²) in [5.74, 6) is -0.906. The Morgan fingerprint density at radius 3 is 2.63 bits per heavy atom. The Morgan fingerprint density at radius 1 is 1.33 bits per heavy atom. The van der Waals surface area contributed by atoms with Gasteiger partial charge in [-0.1, -0.05) is 12.1 Å². The van der Waals surface area contributed by atoms with E-state index in [0.29, 0.717) is 29.5 Å². The molecule has 1 spiro atoms. The van der Waals surface area contributed by atoms with Crippen molar-refractivity contribution in [1.29, 1.82) is 5.26 Å². The third kappa shape index (κ3) is 2.91. The average Bonchev–Trinajstić information content (AvgIpc) is 3.64. The van der Waals surface area contributed by atoms with Crippen LogP contribution in [0.2, 0.25) is 0 Å². The molecule has 0 radical (unpaired) electrons. The molecule has 1 N–H and O–H groups in total. The van der Waals surface area contributed by atoms with E-state index in [4.69, 9.17) is 5.26 Å². The molecule has 2 saturated carbocycles. The van der Waals surface area contributed by atoms with Gasteiger partial charge in [0.15, 0.2) is 0 Å². The van der Waals surface area contributed by atoms with Crippen LogP contribution in [0, 0.1) is 11.3 Å². The van der Waals surface area contributed by atoms with Gasteiger partial charge in [-0.2, -0.15) is 5.26 Å². The third-order valence-electron chi connectivity index (χ3n) is 6.10. The van der Waals surface area contributed by atoms with Crippen molar-refractivity contribution in [2.75, 3.05) is 18.4 Å². The smallest absolute Gasteiger partial charge is 0.254 e. The van der Waals surface area contributed by atoms with E-state index in [1.54, 1.807) is 18.2 Å². The van der Waals surface area contributed by atoms with Crippen LogP contribution in [0.15, 0.2) is 30.6 Å². The number of aromatic nitrogens is 2. The lowest BCUT2D eigenvalue weighted by Gasteiger charge is -2.34. The summed E-state index contributed by atoms with van der Waals surface area (Å²) < 4.78 is 29.0. The van der Waals surface area contributed by atoms with E-state index in [0.717, 1.165) is 0 Å². The molecule has 30 heavy (non-hydrogen) atoms. The van der Waals surface area contributed by atoms with Crippen molar-refractivity contribution in [3.8, 4) is 6.07 Å². The second-order valence-corrected chi connectivity index (χ2v) is 8.17. The van der Waals surface area contributed by atoms with Crippen LogP contribution >= 0.6 is 0 Å². The minimum atomic E-state index is -1.36. The third-order valence-corrected chi connectivity index (χ3v) is 6.10. The average molecular weight is 409 g/mol. The second-order valence-electron chi connectivity index (χ2n) is 8.17. The van der Waals surface area contributed by atoms with Gasteiger partial charge in [0.05, 0.1) is 18.0 Å². The molecule has 152 valence electrons. The zero-order valence-electron chi connectivity index (χ0n) is 15.9. The molecule has 1 aromatic heterocycles. The van der Waals surface area contributed by atoms with Crippen LogP contribution in [0.25, 0.3) is 0 Å². The van der Waals surface area contributed by atoms with Crippen LogP contribution in [0.3, 0.4) is 0 Å². The molecule has 3 aliphatic rings. The van der Waals surface area contributed by atoms with Gasteiger partial charge in [0.1, 0.15) is 24.5 Å². The molecule has 5 rings (SSSR count). The Labute approximate surface area is 170 Å². The number of alkyl halides is 2. The molecule has 2 fully saturated rings. The van der Waals surface area contributed by atoms with E-state index in [1.807, 2.05) is 6.07 Å². The van der Waals surface area contributed by atoms with Gasteiger partial charge in [0.25, 0.3) is 5.91 Å². The lowest BCUT2D eigenvalue weighted by atomic mass is 9.84. The number of nitrogens with one attached hydrogen (secondary N) is 1. The van der Waals surface area contributed by atoms with Crippen LogP contribution in [-0.2, 0) is 15.9 Å². The highest BCUT2D eigenvalue weighted by Gasteiger charge is 2.61. The molecule has 0 saturated heterocycles. The molecule has 2 heterocycles. The van der Waals surface area contributed by atoms with Crippen LogP contribution in [0.5, 0.6) is 0 Å². The van der Waals surface area contributed by atoms with Crippen molar-refractivity contribution >= 4 is 17.8 Å². The zero-order valence-corrected chi connectivity index (χ0v) is 15.9. The van der Waals surface area contributed by atoms with E-state index < -0.39 is 23.2 Å². The Hall–Kier alpha value is -3.41. The number of carbonyl (C=O) groups is 2. The van der Waals surface area contributed by atoms with E-state index in [-0.39, 0.29) is 36.9 Å². The molecule has 1 aromatic carbocycles. The minimum absolute atomic E-state index is 0.00989. The van der Waals surface area contributed by atoms with E-state index in [2.05, 4.69) is 15.3 Å². The maximum absolute atomic E-state index is 14.5. The van der Waals surface area contributed by atoms with Gasteiger partial charge >= 0.3 is 0 Å². The Bertz CT molecular complexity index is 1110. The lowest BCUT2D eigenvalue weighted by Crippen LogP contribution is -2.47. The number of amides is 2. The largest absolute Gasteiger partial charge is 0.328 e. The molecule has 0 unspecified atom stereocenters. The quantitative estimate of drug-likeness (QED) is 0.836. The van der Waals surface area contributed by atoms with Crippen LogP contribution in [0.1, 0.15) is 46.3 Å². The van der Waals surface area contributed by atoms with Crippen molar-refractivity contribution in [2.45, 2.75) is 36.5 Å². The number of nitrogens with zero attached hydrogens (tertiary/aromatic N) is 4. The first kappa shape index (κ1) is 18.6. The van der Waals surface area contributed by atoms with E-state index in [1.165, 1.54) is 17.3 Å². The van der Waals surface area contributed by atoms with Crippen molar-refractivity contribution in [1.82, 2.24) is 14.9 Å². The highest BCUT2D eigenvalue weighted by molar-refractivity contribution is 6.01. The normalized spacial score (nSPS) is 25.4. The van der Waals surface area contributed by atoms with Gasteiger partial charge in [0, 0.05) is 17.5 Å². The first-order valence-corrected chi connectivity index (χ1v) is 9.64. The van der Waals surface area contributed by atoms with Crippen molar-refractivity contribution < 1.29 is 18.4 Å². The summed E-state index contributed by atoms with van der Waals surface area (Å²) in [6.07, 6.45) is 2.53. The van der Waals surface area contributed by atoms with Gasteiger partial charge in [-0.3, -0.25) is 14.9 Å². The summed E-state index contributed by atoms with van der Waals surface area (Å²) in [6, 6.07) is 6.65. The number of rotatable bonds is 4. The van der Waals surface area contributed by atoms with Crippen molar-refractivity contribution in [3.05, 3.63) is 52.8 Å². The summed E-state index contributed by atoms with van der Waals surface area (Å²) in [4.78, 5) is 34.4. The fourth-order valence-electron chi connectivity index (χ4n) is 4.11. The van der Waals surface area contributed by atoms with Gasteiger partial charge < -0.3 is 4.90 Å². The molecule has 2 aromatic rings. The van der Waals surface area contributed by atoms with Crippen molar-refractivity contribution in [3.63, 3.8) is 0 Å². The summed E-state index contributed by atoms with van der Waals surface area (Å²) in [7, 11) is 0. The monoisotopic (exact) mass is 409 g/mol. The highest BCUT2D eigenvalue weighted by Crippen LogP contribution is 2.57. The molecule has 1 aliphatic heterocycles. The fraction of sp³-hybridized carbons (Fsp3) is 0.381. The molecule has 0 bridgehead atoms. The number of benzene rings is 1. The van der Waals surface area contributed by atoms with Crippen LogP contribution in [0.4, 0.5) is 14.7 Å². The summed E-state index contributed by atoms with van der Waals surface area (Å²) in [5.41, 5.74) is -0.628. The molecular formula is C21H17F2N5O2. The summed E-state index contributed by atoms with van der Waals surface area (Å²) >= 11 is 0. The summed E-state index contributed by atoms with van der Waals surface area (Å²) in [6.45, 7) is -0.227. The number of carbonyl (C=O) groups excluding carboxylic acids is 2. The van der Waals surface area contributed by atoms with E-state index in [9.17, 15) is 18.4 Å². The number of fused-ring (bicyclic) bond motifs is 2. The van der Waals surface area contributed by atoms with Gasteiger partial charge in [-0.05, 0) is 36.5 Å². The topological polar surface area (TPSA) is 99.0 Å². The van der Waals surface area contributed by atoms with Crippen molar-refractivity contribution in [2.24, 2.45) is 0 Å². The molecule has 2 aliphatic carbocycles. The Kier molecular flexibility index (Phi) is 3.90. The van der Waals surface area contributed by atoms with Gasteiger partial charge in [0.2, 0.25) is 11.9 Å². The zero-order chi connectivity index (χ0) is 21.1. The SMILES string of the molecule is N#Cc1cnc(NC(=O)CN2C[C@]3(C[C@H]3F)c3cc(C4(F)CC4)ccc3C2=O)nc1. The van der Waals surface area contributed by atoms with E-state index >= 15 is 0 Å². The molecular weight excluding hydrogens is 392 g/mol. The molecule has 7 nitrogen and oxygen atoms in total. The molecule has 2 atom stereocenters. The highest BCUT2D eigenvalue weighted by atomic mass is 19.1. The molecule has 2 amide bonds. The minimum Gasteiger partial charge on any atom is -0.328 e. The van der Waals surface area contributed by atoms with Crippen LogP contribution < -0.4 is 5.32 Å². The van der Waals surface area contributed by atoms with Gasteiger partial charge in [-0.15, -0.1) is 0 Å². The number of anilines is 1. The summed E-state index contributed by atoms with van der Waals surface area (Å²) in [5, 5.41) is 11.2. The first-order chi connectivity index (χ1) is 14.3. The number of hydrogen-bond donors (Lipinski definition) is 1. The predicted molar refractivity (Wildman–Crippen MR) is 101 cm³/mol. The fourth-order valence-corrected chi connectivity index (χ4v) is 4.11. The van der Waals surface area contributed by atoms with Gasteiger partial charge in [-0.25, -0.2) is 18.7 Å². The second kappa shape index (κ2) is 6.29. The maximum atomic E-state index is 14.5. The lowest BCUT2D eigenvalue weighted by molar-refractivity contribution is -0.117. The maximum Gasteiger partial charge on any atom is 0.254 e. The standard InChI is InChI=1S/C21H17F2N5O2/c22-16-6-20(16)11-28(10-17(29)27-19-25-8-12(7-24)9-26-19)18(30)14-2-1-13(5-15(14)20)21(23)3-4-21/h1-2,5,8-9,16H,3-4,6,10-11H2,(H,25,26,27,29)/t16-,20-/m1/s1. The number of halogens is 2. The number of nitriles is 1. The Balaban J connectivity index is 1.37. The first-order valence-electron chi connectivity index (χ1n) is 9.64.